The van der Waals surface area contributed by atoms with Crippen LogP contribution in [-0.4, -0.2) is 50.9 Å². The van der Waals surface area contributed by atoms with Gasteiger partial charge >= 0.3 is 0 Å². The van der Waals surface area contributed by atoms with E-state index in [-0.39, 0.29) is 22.7 Å². The minimum Gasteiger partial charge on any atom is -0.338 e. The van der Waals surface area contributed by atoms with Crippen LogP contribution in [-0.2, 0) is 9.59 Å². The summed E-state index contributed by atoms with van der Waals surface area (Å²) in [7, 11) is 0. The molecule has 0 aromatic carbocycles. The maximum Gasteiger partial charge on any atom is 0.246 e. The van der Waals surface area contributed by atoms with E-state index in [0.29, 0.717) is 18.4 Å². The molecule has 3 aliphatic rings. The van der Waals surface area contributed by atoms with Crippen LogP contribution in [0, 0.1) is 5.92 Å². The van der Waals surface area contributed by atoms with E-state index in [1.807, 2.05) is 4.90 Å². The summed E-state index contributed by atoms with van der Waals surface area (Å²) >= 11 is 1.79. The van der Waals surface area contributed by atoms with Gasteiger partial charge in [0, 0.05) is 24.8 Å². The second-order valence-corrected chi connectivity index (χ2v) is 8.61. The van der Waals surface area contributed by atoms with Gasteiger partial charge in [0.1, 0.15) is 6.04 Å². The first-order valence-corrected chi connectivity index (χ1v) is 9.19. The Morgan fingerprint density at radius 3 is 2.86 bits per heavy atom. The fourth-order valence-corrected chi connectivity index (χ4v) is 5.54. The molecule has 0 unspecified atom stereocenters. The zero-order valence-corrected chi connectivity index (χ0v) is 14.1. The molecule has 2 amide bonds. The molecule has 3 rings (SSSR count). The molecule has 3 fully saturated rings. The largest absolute Gasteiger partial charge is 0.338 e. The number of hydrogen-bond acceptors (Lipinski definition) is 3. The number of nitrogens with zero attached hydrogens (tertiary/aromatic N) is 2. The van der Waals surface area contributed by atoms with Crippen LogP contribution in [0.25, 0.3) is 0 Å². The first-order valence-electron chi connectivity index (χ1n) is 8.20. The lowest BCUT2D eigenvalue weighted by Gasteiger charge is -2.41. The van der Waals surface area contributed by atoms with Crippen molar-refractivity contribution < 1.29 is 9.59 Å². The quantitative estimate of drug-likeness (QED) is 0.787. The number of hydrogen-bond donors (Lipinski definition) is 0. The van der Waals surface area contributed by atoms with E-state index in [4.69, 9.17) is 0 Å². The van der Waals surface area contributed by atoms with Gasteiger partial charge in [0.25, 0.3) is 0 Å². The van der Waals surface area contributed by atoms with Crippen molar-refractivity contribution in [2.75, 3.05) is 12.3 Å². The van der Waals surface area contributed by atoms with Crippen LogP contribution in [0.4, 0.5) is 0 Å². The van der Waals surface area contributed by atoms with Gasteiger partial charge in [0.2, 0.25) is 11.8 Å². The summed E-state index contributed by atoms with van der Waals surface area (Å²) in [6.07, 6.45) is 4.90. The molecule has 5 heteroatoms. The minimum absolute atomic E-state index is 0.138. The van der Waals surface area contributed by atoms with E-state index >= 15 is 0 Å². The number of fused-ring (bicyclic) bond motifs is 1. The predicted molar refractivity (Wildman–Crippen MR) is 84.9 cm³/mol. The standard InChI is InChI=1S/C16H26N2O2S/c1-11(2)12-6-4-5-9-17(12)15(20)13-10-21-16(3)8-7-14(19)18(13)16/h11-13H,4-10H2,1-3H3/t12-,13-,16-/m0/s1. The normalized spacial score (nSPS) is 36.5. The second kappa shape index (κ2) is 5.49. The van der Waals surface area contributed by atoms with Crippen molar-refractivity contribution in [1.29, 1.82) is 0 Å². The van der Waals surface area contributed by atoms with Crippen LogP contribution in [0.5, 0.6) is 0 Å². The molecule has 0 saturated carbocycles. The molecule has 0 spiro atoms. The van der Waals surface area contributed by atoms with Crippen LogP contribution in [0.2, 0.25) is 0 Å². The van der Waals surface area contributed by atoms with Gasteiger partial charge in [-0.15, -0.1) is 11.8 Å². The molecule has 0 N–H and O–H groups in total. The van der Waals surface area contributed by atoms with Crippen molar-refractivity contribution in [3.63, 3.8) is 0 Å². The molecular weight excluding hydrogens is 284 g/mol. The van der Waals surface area contributed by atoms with Crippen LogP contribution < -0.4 is 0 Å². The molecular formula is C16H26N2O2S. The lowest BCUT2D eigenvalue weighted by Crippen LogP contribution is -2.56. The maximum absolute atomic E-state index is 13.1. The van der Waals surface area contributed by atoms with Crippen molar-refractivity contribution in [3.8, 4) is 0 Å². The van der Waals surface area contributed by atoms with Gasteiger partial charge in [-0.2, -0.15) is 0 Å². The molecule has 3 heterocycles. The second-order valence-electron chi connectivity index (χ2n) is 7.10. The number of carbonyl (C=O) groups is 2. The van der Waals surface area contributed by atoms with E-state index in [0.717, 1.165) is 31.6 Å². The number of amides is 2. The van der Waals surface area contributed by atoms with Crippen molar-refractivity contribution >= 4 is 23.6 Å². The first kappa shape index (κ1) is 15.2. The topological polar surface area (TPSA) is 40.6 Å². The Morgan fingerprint density at radius 2 is 2.14 bits per heavy atom. The summed E-state index contributed by atoms with van der Waals surface area (Å²) in [6, 6.07) is 0.121. The van der Waals surface area contributed by atoms with Gasteiger partial charge in [-0.3, -0.25) is 9.59 Å². The Hall–Kier alpha value is -0.710. The molecule has 3 aliphatic heterocycles. The Kier molecular flexibility index (Phi) is 3.97. The summed E-state index contributed by atoms with van der Waals surface area (Å²) in [5, 5.41) is 0. The SMILES string of the molecule is CC(C)[C@@H]1CCCCN1C(=O)[C@@H]1CS[C@@]2(C)CCC(=O)N12. The van der Waals surface area contributed by atoms with Crippen molar-refractivity contribution in [2.24, 2.45) is 5.92 Å². The lowest BCUT2D eigenvalue weighted by atomic mass is 9.92. The third kappa shape index (κ3) is 2.47. The van der Waals surface area contributed by atoms with Gasteiger partial charge in [0.05, 0.1) is 4.87 Å². The first-order chi connectivity index (χ1) is 9.94. The molecule has 4 nitrogen and oxygen atoms in total. The molecule has 0 aliphatic carbocycles. The fourth-order valence-electron chi connectivity index (χ4n) is 4.12. The van der Waals surface area contributed by atoms with Crippen molar-refractivity contribution in [2.45, 2.75) is 69.8 Å². The molecule has 3 atom stereocenters. The molecule has 3 saturated heterocycles. The van der Waals surface area contributed by atoms with Crippen LogP contribution in [0.15, 0.2) is 0 Å². The Morgan fingerprint density at radius 1 is 1.38 bits per heavy atom. The number of rotatable bonds is 2. The van der Waals surface area contributed by atoms with E-state index in [9.17, 15) is 9.59 Å². The highest BCUT2D eigenvalue weighted by Crippen LogP contribution is 2.47. The molecule has 118 valence electrons. The van der Waals surface area contributed by atoms with E-state index in [1.165, 1.54) is 6.42 Å². The zero-order valence-electron chi connectivity index (χ0n) is 13.3. The average molecular weight is 310 g/mol. The van der Waals surface area contributed by atoms with Gasteiger partial charge in [-0.05, 0) is 38.5 Å². The summed E-state index contributed by atoms with van der Waals surface area (Å²) < 4.78 is 0. The third-order valence-corrected chi connectivity index (χ3v) is 6.84. The molecule has 0 bridgehead atoms. The zero-order chi connectivity index (χ0) is 15.2. The van der Waals surface area contributed by atoms with Crippen molar-refractivity contribution in [3.05, 3.63) is 0 Å². The predicted octanol–water partition coefficient (Wildman–Crippen LogP) is 2.48. The van der Waals surface area contributed by atoms with Crippen molar-refractivity contribution in [1.82, 2.24) is 9.80 Å². The molecule has 0 aromatic rings. The monoisotopic (exact) mass is 310 g/mol. The Balaban J connectivity index is 1.80. The van der Waals surface area contributed by atoms with E-state index in [1.54, 1.807) is 11.8 Å². The van der Waals surface area contributed by atoms with Gasteiger partial charge in [-0.25, -0.2) is 0 Å². The Labute approximate surface area is 131 Å². The van der Waals surface area contributed by atoms with Crippen LogP contribution >= 0.6 is 11.8 Å². The molecule has 0 radical (unpaired) electrons. The molecule has 21 heavy (non-hydrogen) atoms. The number of thioether (sulfide) groups is 1. The summed E-state index contributed by atoms with van der Waals surface area (Å²) in [4.78, 5) is 29.1. The highest BCUT2D eigenvalue weighted by atomic mass is 32.2. The fraction of sp³-hybridized carbons (Fsp3) is 0.875. The number of likely N-dealkylation sites (tertiary alicyclic amines) is 1. The summed E-state index contributed by atoms with van der Waals surface area (Å²) in [6.45, 7) is 7.38. The van der Waals surface area contributed by atoms with Crippen LogP contribution in [0.3, 0.4) is 0 Å². The highest BCUT2D eigenvalue weighted by molar-refractivity contribution is 8.01. The number of piperidine rings is 1. The van der Waals surface area contributed by atoms with Crippen LogP contribution in [0.1, 0.15) is 52.9 Å². The lowest BCUT2D eigenvalue weighted by molar-refractivity contribution is -0.147. The molecule has 0 aromatic heterocycles. The van der Waals surface area contributed by atoms with Gasteiger partial charge in [-0.1, -0.05) is 13.8 Å². The maximum atomic E-state index is 13.1. The number of carbonyl (C=O) groups excluding carboxylic acids is 2. The summed E-state index contributed by atoms with van der Waals surface area (Å²) in [5.41, 5.74) is 0. The highest BCUT2D eigenvalue weighted by Gasteiger charge is 2.54. The van der Waals surface area contributed by atoms with Gasteiger partial charge in [0.15, 0.2) is 0 Å². The van der Waals surface area contributed by atoms with E-state index in [2.05, 4.69) is 25.7 Å². The van der Waals surface area contributed by atoms with Gasteiger partial charge < -0.3 is 9.80 Å². The third-order valence-electron chi connectivity index (χ3n) is 5.33. The Bertz CT molecular complexity index is 454. The minimum atomic E-state index is -0.227. The van der Waals surface area contributed by atoms with E-state index < -0.39 is 0 Å². The smallest absolute Gasteiger partial charge is 0.246 e. The average Bonchev–Trinajstić information content (AvgIpc) is 2.95. The summed E-state index contributed by atoms with van der Waals surface area (Å²) in [5.74, 6) is 1.62.